The number of rotatable bonds is 5. The Labute approximate surface area is 103 Å². The van der Waals surface area contributed by atoms with E-state index in [4.69, 9.17) is 13.6 Å². The average molecular weight is 252 g/mol. The second-order valence-corrected chi connectivity index (χ2v) is 5.74. The highest BCUT2D eigenvalue weighted by molar-refractivity contribution is 6.62. The minimum atomic E-state index is -1.99. The van der Waals surface area contributed by atoms with Gasteiger partial charge in [0, 0.05) is 25.0 Å². The lowest BCUT2D eigenvalue weighted by atomic mass is 10.3. The summed E-state index contributed by atoms with van der Waals surface area (Å²) in [6, 6.07) is 7.20. The molecule has 0 aliphatic rings. The Bertz CT molecular complexity index is 413. The molecular formula is C12H16O4Si. The molecule has 0 saturated heterocycles. The van der Waals surface area contributed by atoms with E-state index >= 15 is 0 Å². The fourth-order valence-corrected chi connectivity index (χ4v) is 2.66. The third-order valence-electron chi connectivity index (χ3n) is 2.15. The summed E-state index contributed by atoms with van der Waals surface area (Å²) in [5, 5.41) is 0.798. The van der Waals surface area contributed by atoms with Gasteiger partial charge in [-0.2, -0.15) is 0 Å². The number of ether oxygens (including phenoxy) is 1. The summed E-state index contributed by atoms with van der Waals surface area (Å²) in [5.74, 6) is 0.0262. The third-order valence-corrected chi connectivity index (χ3v) is 3.99. The summed E-state index contributed by atoms with van der Waals surface area (Å²) in [5.41, 5.74) is 0.354. The zero-order valence-corrected chi connectivity index (χ0v) is 11.4. The van der Waals surface area contributed by atoms with Crippen LogP contribution in [0.4, 0.5) is 0 Å². The Morgan fingerprint density at radius 1 is 1.24 bits per heavy atom. The van der Waals surface area contributed by atoms with Crippen molar-refractivity contribution >= 4 is 20.4 Å². The number of para-hydroxylation sites is 1. The van der Waals surface area contributed by atoms with Gasteiger partial charge >= 0.3 is 15.3 Å². The lowest BCUT2D eigenvalue weighted by Gasteiger charge is -2.15. The summed E-state index contributed by atoms with van der Waals surface area (Å²) >= 11 is 0. The second-order valence-electron chi connectivity index (χ2n) is 3.51. The predicted octanol–water partition coefficient (Wildman–Crippen LogP) is 0.888. The molecule has 0 heterocycles. The normalized spacial score (nSPS) is 10.4. The molecule has 1 aromatic carbocycles. The summed E-state index contributed by atoms with van der Waals surface area (Å²) in [7, 11) is 1.18. The standard InChI is InChI=1S/C12H16O4Si/c1-9(2)12(13)16-10-7-5-6-8-11(10)17(14-3)15-4/h5-8,17H,1H2,2-4H3. The van der Waals surface area contributed by atoms with Gasteiger partial charge in [0.05, 0.1) is 0 Å². The van der Waals surface area contributed by atoms with Gasteiger partial charge in [-0.05, 0) is 13.0 Å². The number of carbonyl (C=O) groups is 1. The second kappa shape index (κ2) is 6.34. The maximum Gasteiger partial charge on any atom is 0.359 e. The van der Waals surface area contributed by atoms with Crippen LogP contribution in [-0.2, 0) is 13.6 Å². The molecule has 0 atom stereocenters. The van der Waals surface area contributed by atoms with Crippen molar-refractivity contribution in [1.82, 2.24) is 0 Å². The van der Waals surface area contributed by atoms with Gasteiger partial charge in [-0.3, -0.25) is 0 Å². The molecule has 0 aliphatic heterocycles. The first-order chi connectivity index (χ1) is 8.10. The lowest BCUT2D eigenvalue weighted by molar-refractivity contribution is -0.130. The molecule has 0 fully saturated rings. The van der Waals surface area contributed by atoms with Crippen molar-refractivity contribution in [1.29, 1.82) is 0 Å². The van der Waals surface area contributed by atoms with Gasteiger partial charge in [-0.1, -0.05) is 24.8 Å². The van der Waals surface area contributed by atoms with Crippen molar-refractivity contribution in [2.75, 3.05) is 14.2 Å². The highest BCUT2D eigenvalue weighted by Gasteiger charge is 2.19. The molecule has 0 unspecified atom stereocenters. The van der Waals surface area contributed by atoms with E-state index in [2.05, 4.69) is 6.58 Å². The Hall–Kier alpha value is -1.43. The van der Waals surface area contributed by atoms with Crippen LogP contribution in [-0.4, -0.2) is 29.5 Å². The summed E-state index contributed by atoms with van der Waals surface area (Å²) in [4.78, 5) is 11.5. The van der Waals surface area contributed by atoms with Crippen LogP contribution in [0, 0.1) is 0 Å². The van der Waals surface area contributed by atoms with Gasteiger partial charge in [-0.25, -0.2) is 4.79 Å². The molecule has 92 valence electrons. The molecule has 0 saturated carbocycles. The number of hydrogen-bond acceptors (Lipinski definition) is 4. The topological polar surface area (TPSA) is 44.8 Å². The molecule has 0 aromatic heterocycles. The van der Waals surface area contributed by atoms with Crippen LogP contribution in [0.25, 0.3) is 0 Å². The molecule has 0 bridgehead atoms. The Morgan fingerprint density at radius 2 is 1.82 bits per heavy atom. The molecule has 1 rings (SSSR count). The lowest BCUT2D eigenvalue weighted by Crippen LogP contribution is -2.36. The molecule has 17 heavy (non-hydrogen) atoms. The predicted molar refractivity (Wildman–Crippen MR) is 67.7 cm³/mol. The zero-order chi connectivity index (χ0) is 12.8. The van der Waals surface area contributed by atoms with E-state index in [1.807, 2.05) is 12.1 Å². The van der Waals surface area contributed by atoms with Crippen molar-refractivity contribution < 1.29 is 18.4 Å². The van der Waals surface area contributed by atoms with Gasteiger partial charge in [0.2, 0.25) is 0 Å². The minimum absolute atomic E-state index is 0.354. The minimum Gasteiger partial charge on any atom is -0.423 e. The van der Waals surface area contributed by atoms with Gasteiger partial charge in [0.1, 0.15) is 5.75 Å². The van der Waals surface area contributed by atoms with Crippen molar-refractivity contribution in [2.45, 2.75) is 6.92 Å². The first kappa shape index (κ1) is 13.6. The van der Waals surface area contributed by atoms with Crippen LogP contribution in [0.15, 0.2) is 36.4 Å². The smallest absolute Gasteiger partial charge is 0.359 e. The van der Waals surface area contributed by atoms with Crippen LogP contribution in [0.3, 0.4) is 0 Å². The van der Waals surface area contributed by atoms with E-state index in [0.29, 0.717) is 11.3 Å². The van der Waals surface area contributed by atoms with Crippen molar-refractivity contribution in [3.05, 3.63) is 36.4 Å². The van der Waals surface area contributed by atoms with Gasteiger partial charge in [0.25, 0.3) is 0 Å². The fraction of sp³-hybridized carbons (Fsp3) is 0.250. The number of hydrogen-bond donors (Lipinski definition) is 0. The van der Waals surface area contributed by atoms with Gasteiger partial charge < -0.3 is 13.6 Å². The maximum absolute atomic E-state index is 11.5. The summed E-state index contributed by atoms with van der Waals surface area (Å²) < 4.78 is 15.8. The number of carbonyl (C=O) groups excluding carboxylic acids is 1. The molecule has 1 aromatic rings. The maximum atomic E-state index is 11.5. The highest BCUT2D eigenvalue weighted by Crippen LogP contribution is 2.10. The molecule has 0 N–H and O–H groups in total. The Kier molecular flexibility index (Phi) is 5.08. The quantitative estimate of drug-likeness (QED) is 0.338. The molecule has 0 amide bonds. The molecule has 4 nitrogen and oxygen atoms in total. The molecule has 0 radical (unpaired) electrons. The Morgan fingerprint density at radius 3 is 2.35 bits per heavy atom. The van der Waals surface area contributed by atoms with Crippen LogP contribution >= 0.6 is 0 Å². The van der Waals surface area contributed by atoms with Gasteiger partial charge in [0.15, 0.2) is 0 Å². The first-order valence-corrected chi connectivity index (χ1v) is 6.64. The molecular weight excluding hydrogens is 236 g/mol. The third kappa shape index (κ3) is 3.52. The van der Waals surface area contributed by atoms with Crippen LogP contribution in [0.2, 0.25) is 0 Å². The van der Waals surface area contributed by atoms with E-state index in [9.17, 15) is 4.79 Å². The average Bonchev–Trinajstić information content (AvgIpc) is 2.32. The van der Waals surface area contributed by atoms with E-state index in [0.717, 1.165) is 5.19 Å². The summed E-state index contributed by atoms with van der Waals surface area (Å²) in [6.45, 7) is 5.14. The van der Waals surface area contributed by atoms with Crippen LogP contribution < -0.4 is 9.92 Å². The monoisotopic (exact) mass is 252 g/mol. The van der Waals surface area contributed by atoms with Crippen LogP contribution in [0.1, 0.15) is 6.92 Å². The van der Waals surface area contributed by atoms with Crippen molar-refractivity contribution in [2.24, 2.45) is 0 Å². The highest BCUT2D eigenvalue weighted by atomic mass is 28.3. The van der Waals surface area contributed by atoms with E-state index < -0.39 is 15.3 Å². The summed E-state index contributed by atoms with van der Waals surface area (Å²) in [6.07, 6.45) is 0. The van der Waals surface area contributed by atoms with Crippen molar-refractivity contribution in [3.63, 3.8) is 0 Å². The van der Waals surface area contributed by atoms with Crippen molar-refractivity contribution in [3.8, 4) is 5.75 Å². The largest absolute Gasteiger partial charge is 0.423 e. The van der Waals surface area contributed by atoms with E-state index in [-0.39, 0.29) is 0 Å². The molecule has 5 heteroatoms. The Balaban J connectivity index is 2.99. The zero-order valence-electron chi connectivity index (χ0n) is 10.2. The fourth-order valence-electron chi connectivity index (χ4n) is 1.31. The number of benzene rings is 1. The SMILES string of the molecule is C=C(C)C(=O)Oc1ccccc1[SiH](OC)OC. The first-order valence-electron chi connectivity index (χ1n) is 5.12. The van der Waals surface area contributed by atoms with E-state index in [1.165, 1.54) is 0 Å². The van der Waals surface area contributed by atoms with E-state index in [1.54, 1.807) is 33.3 Å². The number of esters is 1. The van der Waals surface area contributed by atoms with Gasteiger partial charge in [-0.15, -0.1) is 0 Å². The van der Waals surface area contributed by atoms with Crippen LogP contribution in [0.5, 0.6) is 5.75 Å². The molecule has 0 spiro atoms. The molecule has 0 aliphatic carbocycles.